The Hall–Kier alpha value is -3.48. The normalized spacial score (nSPS) is 10.4. The van der Waals surface area contributed by atoms with Crippen molar-refractivity contribution >= 4 is 17.4 Å². The third-order valence-corrected chi connectivity index (χ3v) is 4.26. The molecule has 2 heterocycles. The number of aryl methyl sites for hydroxylation is 1. The van der Waals surface area contributed by atoms with E-state index in [0.29, 0.717) is 29.6 Å². The smallest absolute Gasteiger partial charge is 0.272 e. The second kappa shape index (κ2) is 8.94. The third-order valence-electron chi connectivity index (χ3n) is 4.26. The first-order valence-corrected chi connectivity index (χ1v) is 8.97. The van der Waals surface area contributed by atoms with E-state index in [2.05, 4.69) is 20.3 Å². The van der Waals surface area contributed by atoms with Gasteiger partial charge in [0.25, 0.3) is 5.91 Å². The molecule has 0 fully saturated rings. The maximum atomic E-state index is 12.8. The summed E-state index contributed by atoms with van der Waals surface area (Å²) in [6.07, 6.45) is 4.25. The van der Waals surface area contributed by atoms with E-state index in [-0.39, 0.29) is 5.91 Å². The average Bonchev–Trinajstić information content (AvgIpc) is 2.72. The first kappa shape index (κ1) is 19.3. The number of rotatable bonds is 7. The highest BCUT2D eigenvalue weighted by Gasteiger charge is 2.16. The van der Waals surface area contributed by atoms with E-state index < -0.39 is 0 Å². The molecule has 0 saturated heterocycles. The number of anilines is 2. The van der Waals surface area contributed by atoms with Gasteiger partial charge < -0.3 is 15.0 Å². The maximum absolute atomic E-state index is 12.8. The lowest BCUT2D eigenvalue weighted by molar-refractivity contribution is 0.0790. The number of carbonyl (C=O) groups is 1. The molecule has 1 N–H and O–H groups in total. The average molecular weight is 377 g/mol. The van der Waals surface area contributed by atoms with E-state index in [0.717, 1.165) is 17.7 Å². The summed E-state index contributed by atoms with van der Waals surface area (Å²) in [5, 5.41) is 3.20. The highest BCUT2D eigenvalue weighted by atomic mass is 16.5. The van der Waals surface area contributed by atoms with Gasteiger partial charge in [0.2, 0.25) is 0 Å². The molecule has 1 aromatic carbocycles. The fraction of sp³-hybridized carbons (Fsp3) is 0.238. The van der Waals surface area contributed by atoms with Crippen molar-refractivity contribution in [3.8, 4) is 5.75 Å². The van der Waals surface area contributed by atoms with Gasteiger partial charge in [-0.25, -0.2) is 9.97 Å². The Morgan fingerprint density at radius 2 is 1.89 bits per heavy atom. The fourth-order valence-electron chi connectivity index (χ4n) is 2.77. The van der Waals surface area contributed by atoms with Gasteiger partial charge in [0, 0.05) is 32.1 Å². The summed E-state index contributed by atoms with van der Waals surface area (Å²) >= 11 is 0. The Bertz CT molecular complexity index is 947. The quantitative estimate of drug-likeness (QED) is 0.681. The molecule has 2 aromatic heterocycles. The van der Waals surface area contributed by atoms with E-state index >= 15 is 0 Å². The van der Waals surface area contributed by atoms with Crippen molar-refractivity contribution in [2.75, 3.05) is 26.0 Å². The molecule has 28 heavy (non-hydrogen) atoms. The molecule has 7 nitrogen and oxygen atoms in total. The van der Waals surface area contributed by atoms with Crippen LogP contribution in [0.4, 0.5) is 11.5 Å². The lowest BCUT2D eigenvalue weighted by Gasteiger charge is -2.17. The topological polar surface area (TPSA) is 80.2 Å². The van der Waals surface area contributed by atoms with Gasteiger partial charge in [-0.1, -0.05) is 12.1 Å². The van der Waals surface area contributed by atoms with Crippen LogP contribution in [-0.2, 0) is 6.42 Å². The van der Waals surface area contributed by atoms with E-state index in [1.807, 2.05) is 36.4 Å². The number of likely N-dealkylation sites (N-methyl/N-ethyl adjacent to an activating group) is 1. The highest BCUT2D eigenvalue weighted by Crippen LogP contribution is 2.26. The number of amides is 1. The number of ether oxygens (including phenoxy) is 1. The van der Waals surface area contributed by atoms with Crippen LogP contribution in [0.25, 0.3) is 0 Å². The van der Waals surface area contributed by atoms with Crippen LogP contribution in [0.2, 0.25) is 0 Å². The molecular formula is C21H23N5O2. The van der Waals surface area contributed by atoms with E-state index in [1.165, 1.54) is 0 Å². The van der Waals surface area contributed by atoms with Crippen molar-refractivity contribution in [2.24, 2.45) is 0 Å². The summed E-state index contributed by atoms with van der Waals surface area (Å²) in [7, 11) is 3.38. The molecule has 0 unspecified atom stereocenters. The van der Waals surface area contributed by atoms with Gasteiger partial charge >= 0.3 is 0 Å². The second-order valence-electron chi connectivity index (χ2n) is 6.34. The number of hydrogen-bond donors (Lipinski definition) is 1. The molecule has 0 atom stereocenters. The number of para-hydroxylation sites is 2. The first-order chi connectivity index (χ1) is 13.6. The molecule has 0 aliphatic heterocycles. The van der Waals surface area contributed by atoms with Gasteiger partial charge in [-0.05, 0) is 43.2 Å². The highest BCUT2D eigenvalue weighted by molar-refractivity contribution is 5.93. The molecule has 7 heteroatoms. The van der Waals surface area contributed by atoms with Crippen molar-refractivity contribution in [2.45, 2.75) is 13.3 Å². The van der Waals surface area contributed by atoms with Gasteiger partial charge in [-0.3, -0.25) is 9.78 Å². The molecule has 0 spiro atoms. The lowest BCUT2D eigenvalue weighted by Crippen LogP contribution is -2.30. The van der Waals surface area contributed by atoms with Crippen molar-refractivity contribution in [3.63, 3.8) is 0 Å². The summed E-state index contributed by atoms with van der Waals surface area (Å²) in [6, 6.07) is 13.1. The number of carbonyl (C=O) groups excluding carboxylic acids is 1. The molecule has 0 saturated carbocycles. The van der Waals surface area contributed by atoms with Crippen molar-refractivity contribution in [1.29, 1.82) is 0 Å². The molecule has 0 aliphatic carbocycles. The van der Waals surface area contributed by atoms with E-state index in [1.54, 1.807) is 44.4 Å². The van der Waals surface area contributed by atoms with Gasteiger partial charge in [0.15, 0.2) is 0 Å². The second-order valence-corrected chi connectivity index (χ2v) is 6.34. The Morgan fingerprint density at radius 3 is 2.64 bits per heavy atom. The summed E-state index contributed by atoms with van der Waals surface area (Å²) in [5.41, 5.74) is 2.25. The Labute approximate surface area is 164 Å². The summed E-state index contributed by atoms with van der Waals surface area (Å²) in [5.74, 6) is 1.61. The van der Waals surface area contributed by atoms with Gasteiger partial charge in [0.05, 0.1) is 12.8 Å². The van der Waals surface area contributed by atoms with Crippen LogP contribution in [-0.4, -0.2) is 46.5 Å². The molecule has 1 amide bonds. The molecule has 0 aliphatic rings. The molecule has 0 radical (unpaired) electrons. The zero-order chi connectivity index (χ0) is 19.9. The molecule has 144 valence electrons. The minimum atomic E-state index is -0.150. The summed E-state index contributed by atoms with van der Waals surface area (Å²) in [6.45, 7) is 2.35. The van der Waals surface area contributed by atoms with Crippen LogP contribution in [0.5, 0.6) is 5.75 Å². The van der Waals surface area contributed by atoms with Gasteiger partial charge in [0.1, 0.15) is 23.1 Å². The summed E-state index contributed by atoms with van der Waals surface area (Å²) in [4.78, 5) is 27.2. The van der Waals surface area contributed by atoms with Crippen LogP contribution in [0.15, 0.2) is 54.9 Å². The predicted octanol–water partition coefficient (Wildman–Crippen LogP) is 3.25. The third kappa shape index (κ3) is 4.82. The van der Waals surface area contributed by atoms with E-state index in [9.17, 15) is 4.79 Å². The number of nitrogens with zero attached hydrogens (tertiary/aromatic N) is 4. The Kier molecular flexibility index (Phi) is 6.16. The van der Waals surface area contributed by atoms with Crippen LogP contribution in [0, 0.1) is 6.92 Å². The van der Waals surface area contributed by atoms with Crippen molar-refractivity contribution in [3.05, 3.63) is 71.9 Å². The minimum Gasteiger partial charge on any atom is -0.495 e. The predicted molar refractivity (Wildman–Crippen MR) is 108 cm³/mol. The van der Waals surface area contributed by atoms with Gasteiger partial charge in [-0.15, -0.1) is 0 Å². The largest absolute Gasteiger partial charge is 0.495 e. The number of methoxy groups -OCH3 is 1. The fourth-order valence-corrected chi connectivity index (χ4v) is 2.77. The number of nitrogens with one attached hydrogen (secondary N) is 1. The van der Waals surface area contributed by atoms with E-state index in [4.69, 9.17) is 4.74 Å². The monoisotopic (exact) mass is 377 g/mol. The Balaban J connectivity index is 1.73. The van der Waals surface area contributed by atoms with Crippen LogP contribution < -0.4 is 10.1 Å². The zero-order valence-corrected chi connectivity index (χ0v) is 16.2. The molecule has 0 bridgehead atoms. The standard InChI is InChI=1S/C21H23N5O2/c1-15-23-18(21(27)26(2)13-10-16-8-11-22-12-9-16)14-20(24-15)25-17-6-4-5-7-19(17)28-3/h4-9,11-12,14H,10,13H2,1-3H3,(H,23,24,25). The number of aromatic nitrogens is 3. The first-order valence-electron chi connectivity index (χ1n) is 8.97. The zero-order valence-electron chi connectivity index (χ0n) is 16.2. The number of pyridine rings is 1. The van der Waals surface area contributed by atoms with Gasteiger partial charge in [-0.2, -0.15) is 0 Å². The van der Waals surface area contributed by atoms with Crippen LogP contribution in [0.1, 0.15) is 21.9 Å². The maximum Gasteiger partial charge on any atom is 0.272 e. The number of hydrogen-bond acceptors (Lipinski definition) is 6. The van der Waals surface area contributed by atoms with Crippen molar-refractivity contribution < 1.29 is 9.53 Å². The molecular weight excluding hydrogens is 354 g/mol. The van der Waals surface area contributed by atoms with Crippen LogP contribution >= 0.6 is 0 Å². The Morgan fingerprint density at radius 1 is 1.14 bits per heavy atom. The lowest BCUT2D eigenvalue weighted by atomic mass is 10.2. The minimum absolute atomic E-state index is 0.150. The van der Waals surface area contributed by atoms with Crippen LogP contribution in [0.3, 0.4) is 0 Å². The van der Waals surface area contributed by atoms with Crippen molar-refractivity contribution in [1.82, 2.24) is 19.9 Å². The SMILES string of the molecule is COc1ccccc1Nc1cc(C(=O)N(C)CCc2ccncc2)nc(C)n1. The molecule has 3 rings (SSSR count). The summed E-state index contributed by atoms with van der Waals surface area (Å²) < 4.78 is 5.35. The molecule has 3 aromatic rings. The number of benzene rings is 1.